The Labute approximate surface area is 381 Å². The van der Waals surface area contributed by atoms with Gasteiger partial charge < -0.3 is 24.4 Å². The Morgan fingerprint density at radius 1 is 0.651 bits per heavy atom. The van der Waals surface area contributed by atoms with Crippen LogP contribution in [0, 0.1) is 0 Å². The standard InChI is InChI=1S/C29H30O4.C18H20O.C9H9BrO/c1-18(2)23-6-4-5-7-24(23)19-8-11-25-20(14-19)9-13-27(25)33-22-10-12-26-21(15-29(30)31-3)17-32-28(26)16-22;1-12(2)15-5-3-4-6-16(15)13-7-9-17-14(11-13)8-10-18(17)19;10-7-2-3-8-6(5-7)1-4-9(8)11/h4-8,10-12,14,16,18,21,27H,9,13,15,17H2,1-3H3;3-7,9,11-12,18-19H,8,10H2,1-2H3;2-3,5,9,11H,1,4H2/t21-,27-;18-;9-/m100/s1. The predicted octanol–water partition coefficient (Wildman–Crippen LogP) is 13.5. The second-order valence-corrected chi connectivity index (χ2v) is 18.8. The molecule has 4 atom stereocenters. The average molecular weight is 908 g/mol. The lowest BCUT2D eigenvalue weighted by Gasteiger charge is -2.17. The van der Waals surface area contributed by atoms with Crippen LogP contribution in [0.25, 0.3) is 22.3 Å². The fourth-order valence-electron chi connectivity index (χ4n) is 9.67. The summed E-state index contributed by atoms with van der Waals surface area (Å²) < 4.78 is 18.1. The summed E-state index contributed by atoms with van der Waals surface area (Å²) in [5.41, 5.74) is 16.5. The van der Waals surface area contributed by atoms with Crippen LogP contribution < -0.4 is 9.47 Å². The van der Waals surface area contributed by atoms with Crippen molar-refractivity contribution in [1.29, 1.82) is 0 Å². The summed E-state index contributed by atoms with van der Waals surface area (Å²) in [6, 6.07) is 42.6. The molecule has 4 aliphatic rings. The number of hydrogen-bond acceptors (Lipinski definition) is 6. The third-order valence-corrected chi connectivity index (χ3v) is 13.6. The number of halogens is 1. The highest BCUT2D eigenvalue weighted by Gasteiger charge is 2.29. The summed E-state index contributed by atoms with van der Waals surface area (Å²) in [7, 11) is 1.42. The molecule has 1 heterocycles. The molecule has 0 spiro atoms. The average Bonchev–Trinajstić information content (AvgIpc) is 4.09. The summed E-state index contributed by atoms with van der Waals surface area (Å²) in [5.74, 6) is 2.45. The van der Waals surface area contributed by atoms with Crippen molar-refractivity contribution in [2.75, 3.05) is 13.7 Å². The summed E-state index contributed by atoms with van der Waals surface area (Å²) >= 11 is 3.40. The van der Waals surface area contributed by atoms with Gasteiger partial charge in [0.25, 0.3) is 0 Å². The number of rotatable bonds is 8. The molecule has 6 aromatic carbocycles. The van der Waals surface area contributed by atoms with Crippen molar-refractivity contribution < 1.29 is 29.2 Å². The fraction of sp³-hybridized carbons (Fsp3) is 0.339. The molecule has 1 aliphatic heterocycles. The second-order valence-electron chi connectivity index (χ2n) is 17.9. The van der Waals surface area contributed by atoms with Crippen molar-refractivity contribution in [1.82, 2.24) is 0 Å². The molecule has 2 N–H and O–H groups in total. The quantitative estimate of drug-likeness (QED) is 0.148. The van der Waals surface area contributed by atoms with Gasteiger partial charge in [0, 0.05) is 22.0 Å². The molecule has 0 aromatic heterocycles. The Hall–Kier alpha value is -5.21. The van der Waals surface area contributed by atoms with Crippen molar-refractivity contribution in [2.24, 2.45) is 0 Å². The highest BCUT2D eigenvalue weighted by Crippen LogP contribution is 2.43. The largest absolute Gasteiger partial charge is 0.492 e. The molecule has 0 unspecified atom stereocenters. The smallest absolute Gasteiger partial charge is 0.306 e. The van der Waals surface area contributed by atoms with E-state index in [1.807, 2.05) is 30.3 Å². The molecule has 10 rings (SSSR count). The number of carbonyl (C=O) groups is 1. The van der Waals surface area contributed by atoms with E-state index >= 15 is 0 Å². The number of carbonyl (C=O) groups excluding carboxylic acids is 1. The summed E-state index contributed by atoms with van der Waals surface area (Å²) in [5, 5.41) is 19.3. The molecule has 6 aromatic rings. The van der Waals surface area contributed by atoms with Crippen LogP contribution >= 0.6 is 15.9 Å². The van der Waals surface area contributed by atoms with Crippen LogP contribution in [-0.2, 0) is 28.8 Å². The number of methoxy groups -OCH3 is 1. The van der Waals surface area contributed by atoms with Crippen LogP contribution in [0.1, 0.15) is 140 Å². The molecule has 63 heavy (non-hydrogen) atoms. The van der Waals surface area contributed by atoms with Gasteiger partial charge in [-0.3, -0.25) is 4.79 Å². The minimum absolute atomic E-state index is 0.0414. The number of aliphatic hydroxyl groups excluding tert-OH is 2. The van der Waals surface area contributed by atoms with E-state index in [1.54, 1.807) is 0 Å². The Kier molecular flexibility index (Phi) is 13.9. The minimum atomic E-state index is -0.260. The number of benzene rings is 6. The van der Waals surface area contributed by atoms with Crippen LogP contribution in [0.3, 0.4) is 0 Å². The highest BCUT2D eigenvalue weighted by molar-refractivity contribution is 9.10. The molecule has 0 amide bonds. The number of ether oxygens (including phenoxy) is 3. The van der Waals surface area contributed by atoms with Gasteiger partial charge in [0.2, 0.25) is 0 Å². The van der Waals surface area contributed by atoms with E-state index in [0.29, 0.717) is 24.9 Å². The maximum atomic E-state index is 11.7. The Bertz CT molecular complexity index is 2580. The summed E-state index contributed by atoms with van der Waals surface area (Å²) in [6.45, 7) is 9.45. The Morgan fingerprint density at radius 3 is 1.78 bits per heavy atom. The molecule has 326 valence electrons. The fourth-order valence-corrected chi connectivity index (χ4v) is 10.1. The first-order valence-electron chi connectivity index (χ1n) is 22.6. The molecule has 0 radical (unpaired) electrons. The van der Waals surface area contributed by atoms with E-state index < -0.39 is 0 Å². The number of esters is 1. The molecule has 6 nitrogen and oxygen atoms in total. The number of aryl methyl sites for hydroxylation is 3. The van der Waals surface area contributed by atoms with E-state index in [1.165, 1.54) is 62.7 Å². The predicted molar refractivity (Wildman–Crippen MR) is 256 cm³/mol. The topological polar surface area (TPSA) is 85.2 Å². The SMILES string of the molecule is CC(C)c1ccccc1-c1ccc2c(c1)CC[C@@H]2O.COC(=O)C[C@@H]1COc2cc(O[C@@H]3CCc4cc(-c5ccccc5C(C)C)ccc43)ccc21.O[C@H]1CCc2cc(Br)ccc21. The van der Waals surface area contributed by atoms with Crippen LogP contribution in [0.15, 0.2) is 126 Å². The van der Waals surface area contributed by atoms with Gasteiger partial charge in [-0.15, -0.1) is 0 Å². The van der Waals surface area contributed by atoms with Gasteiger partial charge in [-0.2, -0.15) is 0 Å². The maximum Gasteiger partial charge on any atom is 0.306 e. The van der Waals surface area contributed by atoms with Crippen molar-refractivity contribution in [2.45, 2.75) is 109 Å². The first-order valence-corrected chi connectivity index (χ1v) is 23.4. The molecule has 0 saturated carbocycles. The maximum absolute atomic E-state index is 11.7. The Balaban J connectivity index is 0.000000151. The molecule has 0 saturated heterocycles. The van der Waals surface area contributed by atoms with Crippen molar-refractivity contribution in [3.63, 3.8) is 0 Å². The minimum Gasteiger partial charge on any atom is -0.492 e. The molecular formula is C56H59BrO6. The van der Waals surface area contributed by atoms with E-state index in [-0.39, 0.29) is 30.2 Å². The van der Waals surface area contributed by atoms with E-state index in [4.69, 9.17) is 14.2 Å². The van der Waals surface area contributed by atoms with Crippen molar-refractivity contribution in [3.8, 4) is 33.8 Å². The highest BCUT2D eigenvalue weighted by atomic mass is 79.9. The van der Waals surface area contributed by atoms with E-state index in [2.05, 4.69) is 135 Å². The zero-order valence-corrected chi connectivity index (χ0v) is 38.7. The lowest BCUT2D eigenvalue weighted by atomic mass is 9.91. The van der Waals surface area contributed by atoms with E-state index in [9.17, 15) is 15.0 Å². The molecule has 0 fully saturated rings. The van der Waals surface area contributed by atoms with Crippen LogP contribution in [0.5, 0.6) is 11.5 Å². The summed E-state index contributed by atoms with van der Waals surface area (Å²) in [6.07, 6.45) is 5.62. The zero-order chi connectivity index (χ0) is 44.2. The monoisotopic (exact) mass is 906 g/mol. The molecule has 7 heteroatoms. The van der Waals surface area contributed by atoms with Gasteiger partial charge in [0.15, 0.2) is 0 Å². The van der Waals surface area contributed by atoms with Gasteiger partial charge >= 0.3 is 5.97 Å². The third-order valence-electron chi connectivity index (χ3n) is 13.1. The van der Waals surface area contributed by atoms with Gasteiger partial charge in [0.05, 0.1) is 32.3 Å². The lowest BCUT2D eigenvalue weighted by Crippen LogP contribution is -2.09. The second kappa shape index (κ2) is 19.7. The number of hydrogen-bond donors (Lipinski definition) is 2. The van der Waals surface area contributed by atoms with Crippen molar-refractivity contribution >= 4 is 21.9 Å². The summed E-state index contributed by atoms with van der Waals surface area (Å²) in [4.78, 5) is 11.7. The molecule has 3 aliphatic carbocycles. The van der Waals surface area contributed by atoms with Gasteiger partial charge in [-0.1, -0.05) is 141 Å². The third kappa shape index (κ3) is 9.97. The van der Waals surface area contributed by atoms with Gasteiger partial charge in [-0.25, -0.2) is 0 Å². The first kappa shape index (κ1) is 44.4. The number of fused-ring (bicyclic) bond motifs is 4. The number of aliphatic hydroxyl groups is 2. The van der Waals surface area contributed by atoms with Gasteiger partial charge in [0.1, 0.15) is 17.6 Å². The zero-order valence-electron chi connectivity index (χ0n) is 37.1. The van der Waals surface area contributed by atoms with Crippen LogP contribution in [-0.4, -0.2) is 29.9 Å². The molecular weight excluding hydrogens is 849 g/mol. The molecule has 0 bridgehead atoms. The van der Waals surface area contributed by atoms with Gasteiger partial charge in [-0.05, 0) is 135 Å². The van der Waals surface area contributed by atoms with Crippen LogP contribution in [0.4, 0.5) is 0 Å². The Morgan fingerprint density at radius 2 is 1.17 bits per heavy atom. The normalized spacial score (nSPS) is 18.9. The van der Waals surface area contributed by atoms with E-state index in [0.717, 1.165) is 71.2 Å². The van der Waals surface area contributed by atoms with Crippen LogP contribution in [0.2, 0.25) is 0 Å². The lowest BCUT2D eigenvalue weighted by molar-refractivity contribution is -0.141. The van der Waals surface area contributed by atoms with Crippen molar-refractivity contribution in [3.05, 3.63) is 176 Å². The first-order chi connectivity index (χ1) is 30.5.